The van der Waals surface area contributed by atoms with Crippen molar-refractivity contribution in [3.05, 3.63) is 35.4 Å². The van der Waals surface area contributed by atoms with Crippen LogP contribution in [0.4, 0.5) is 0 Å². The molecule has 1 aromatic rings. The van der Waals surface area contributed by atoms with Crippen molar-refractivity contribution in [2.75, 3.05) is 39.5 Å². The molecule has 0 N–H and O–H groups in total. The molecule has 1 aromatic carbocycles. The molecule has 2 fully saturated rings. The molecule has 142 valence electrons. The van der Waals surface area contributed by atoms with Gasteiger partial charge in [-0.1, -0.05) is 29.8 Å². The van der Waals surface area contributed by atoms with Crippen LogP contribution in [-0.2, 0) is 19.6 Å². The highest BCUT2D eigenvalue weighted by Gasteiger charge is 2.44. The molecule has 2 aliphatic rings. The Kier molecular flexibility index (Phi) is 5.07. The van der Waals surface area contributed by atoms with E-state index in [0.29, 0.717) is 26.2 Å². The number of nitrogens with zero attached hydrogens (tertiary/aromatic N) is 3. The van der Waals surface area contributed by atoms with Crippen LogP contribution in [0, 0.1) is 12.8 Å². The summed E-state index contributed by atoms with van der Waals surface area (Å²) in [5.41, 5.74) is 2.08. The molecule has 0 bridgehead atoms. The molecule has 0 aliphatic carbocycles. The van der Waals surface area contributed by atoms with Gasteiger partial charge in [0, 0.05) is 39.6 Å². The van der Waals surface area contributed by atoms with E-state index in [-0.39, 0.29) is 24.3 Å². The van der Waals surface area contributed by atoms with Crippen molar-refractivity contribution in [3.63, 3.8) is 0 Å². The number of hydrogen-bond acceptors (Lipinski definition) is 4. The Balaban J connectivity index is 1.77. The van der Waals surface area contributed by atoms with E-state index in [2.05, 4.69) is 0 Å². The summed E-state index contributed by atoms with van der Waals surface area (Å²) >= 11 is 0. The van der Waals surface area contributed by atoms with Crippen molar-refractivity contribution < 1.29 is 18.0 Å². The topological polar surface area (TPSA) is 78.0 Å². The zero-order valence-corrected chi connectivity index (χ0v) is 16.2. The molecule has 2 amide bonds. The zero-order chi connectivity index (χ0) is 19.1. The van der Waals surface area contributed by atoms with E-state index in [0.717, 1.165) is 11.1 Å². The van der Waals surface area contributed by atoms with E-state index in [1.165, 1.54) is 10.6 Å². The van der Waals surface area contributed by atoms with Crippen LogP contribution < -0.4 is 0 Å². The number of piperazine rings is 1. The van der Waals surface area contributed by atoms with E-state index in [9.17, 15) is 18.0 Å². The predicted molar refractivity (Wildman–Crippen MR) is 97.8 cm³/mol. The lowest BCUT2D eigenvalue weighted by atomic mass is 9.91. The molecule has 3 rings (SSSR count). The maximum absolute atomic E-state index is 13.1. The molecule has 0 saturated carbocycles. The van der Waals surface area contributed by atoms with Gasteiger partial charge in [-0.05, 0) is 12.5 Å². The fourth-order valence-corrected chi connectivity index (χ4v) is 4.61. The second-order valence-electron chi connectivity index (χ2n) is 7.16. The second-order valence-corrected chi connectivity index (χ2v) is 9.14. The van der Waals surface area contributed by atoms with E-state index < -0.39 is 15.9 Å². The van der Waals surface area contributed by atoms with Crippen LogP contribution in [-0.4, -0.2) is 73.8 Å². The Bertz CT molecular complexity index is 798. The van der Waals surface area contributed by atoms with Crippen LogP contribution in [0.15, 0.2) is 24.3 Å². The smallest absolute Gasteiger partial charge is 0.228 e. The van der Waals surface area contributed by atoms with E-state index in [4.69, 9.17) is 0 Å². The van der Waals surface area contributed by atoms with Crippen molar-refractivity contribution in [2.24, 2.45) is 5.92 Å². The Morgan fingerprint density at radius 3 is 2.19 bits per heavy atom. The van der Waals surface area contributed by atoms with Crippen molar-refractivity contribution in [1.29, 1.82) is 0 Å². The first-order chi connectivity index (χ1) is 12.2. The monoisotopic (exact) mass is 379 g/mol. The summed E-state index contributed by atoms with van der Waals surface area (Å²) in [5, 5.41) is 0. The van der Waals surface area contributed by atoms with Gasteiger partial charge in [-0.25, -0.2) is 8.42 Å². The molecule has 0 radical (unpaired) electrons. The maximum atomic E-state index is 13.1. The number of carbonyl (C=O) groups is 2. The standard InChI is InChI=1S/C18H25N3O4S/c1-13-4-6-14(7-5-13)17-15(12-16(22)19(17)2)18(23)20-8-10-21(11-9-20)26(3,24)25/h4-7,15,17H,8-12H2,1-3H3/t15-,17-/m0/s1. The van der Waals surface area contributed by atoms with Gasteiger partial charge in [-0.3, -0.25) is 9.59 Å². The second kappa shape index (κ2) is 7.00. The number of aryl methyl sites for hydroxylation is 1. The summed E-state index contributed by atoms with van der Waals surface area (Å²) < 4.78 is 24.7. The average Bonchev–Trinajstić information content (AvgIpc) is 2.90. The number of benzene rings is 1. The van der Waals surface area contributed by atoms with Gasteiger partial charge in [-0.15, -0.1) is 0 Å². The highest BCUT2D eigenvalue weighted by Crippen LogP contribution is 2.38. The first-order valence-corrected chi connectivity index (χ1v) is 10.6. The summed E-state index contributed by atoms with van der Waals surface area (Å²) in [6.45, 7) is 3.33. The number of rotatable bonds is 3. The van der Waals surface area contributed by atoms with Crippen LogP contribution >= 0.6 is 0 Å². The highest BCUT2D eigenvalue weighted by molar-refractivity contribution is 7.88. The molecular formula is C18H25N3O4S. The summed E-state index contributed by atoms with van der Waals surface area (Å²) in [7, 11) is -1.50. The van der Waals surface area contributed by atoms with E-state index in [1.807, 2.05) is 31.2 Å². The van der Waals surface area contributed by atoms with Gasteiger partial charge in [0.25, 0.3) is 0 Å². The zero-order valence-electron chi connectivity index (χ0n) is 15.4. The van der Waals surface area contributed by atoms with Crippen LogP contribution in [0.5, 0.6) is 0 Å². The van der Waals surface area contributed by atoms with Gasteiger partial charge in [0.1, 0.15) is 0 Å². The lowest BCUT2D eigenvalue weighted by molar-refractivity contribution is -0.137. The third-order valence-corrected chi connectivity index (χ3v) is 6.64. The van der Waals surface area contributed by atoms with E-state index >= 15 is 0 Å². The predicted octanol–water partition coefficient (Wildman–Crippen LogP) is 0.618. The number of sulfonamides is 1. The van der Waals surface area contributed by atoms with Crippen LogP contribution in [0.25, 0.3) is 0 Å². The lowest BCUT2D eigenvalue weighted by Crippen LogP contribution is -2.52. The summed E-state index contributed by atoms with van der Waals surface area (Å²) in [5.74, 6) is -0.537. The fraction of sp³-hybridized carbons (Fsp3) is 0.556. The molecule has 7 nitrogen and oxygen atoms in total. The molecule has 2 aliphatic heterocycles. The van der Waals surface area contributed by atoms with Gasteiger partial charge in [-0.2, -0.15) is 4.31 Å². The van der Waals surface area contributed by atoms with Crippen LogP contribution in [0.3, 0.4) is 0 Å². The van der Waals surface area contributed by atoms with Crippen molar-refractivity contribution in [3.8, 4) is 0 Å². The first-order valence-electron chi connectivity index (χ1n) is 8.74. The molecule has 8 heteroatoms. The minimum absolute atomic E-state index is 0.0382. The summed E-state index contributed by atoms with van der Waals surface area (Å²) in [6.07, 6.45) is 1.38. The van der Waals surface area contributed by atoms with Crippen molar-refractivity contribution in [1.82, 2.24) is 14.1 Å². The fourth-order valence-electron chi connectivity index (χ4n) is 3.79. The molecule has 0 aromatic heterocycles. The van der Waals surface area contributed by atoms with Gasteiger partial charge < -0.3 is 9.80 Å². The van der Waals surface area contributed by atoms with Gasteiger partial charge >= 0.3 is 0 Å². The Labute approximate surface area is 154 Å². The molecule has 2 atom stereocenters. The Morgan fingerprint density at radius 1 is 1.08 bits per heavy atom. The van der Waals surface area contributed by atoms with Gasteiger partial charge in [0.15, 0.2) is 0 Å². The average molecular weight is 379 g/mol. The quantitative estimate of drug-likeness (QED) is 0.771. The molecule has 2 heterocycles. The Morgan fingerprint density at radius 2 is 1.65 bits per heavy atom. The molecule has 26 heavy (non-hydrogen) atoms. The number of amides is 2. The third kappa shape index (κ3) is 3.61. The van der Waals surface area contributed by atoms with Crippen molar-refractivity contribution >= 4 is 21.8 Å². The van der Waals surface area contributed by atoms with E-state index in [1.54, 1.807) is 16.8 Å². The molecule has 0 unspecified atom stereocenters. The third-order valence-electron chi connectivity index (χ3n) is 5.34. The minimum atomic E-state index is -3.24. The number of carbonyl (C=O) groups excluding carboxylic acids is 2. The van der Waals surface area contributed by atoms with Crippen LogP contribution in [0.1, 0.15) is 23.6 Å². The lowest BCUT2D eigenvalue weighted by Gasteiger charge is -2.36. The van der Waals surface area contributed by atoms with Gasteiger partial charge in [0.2, 0.25) is 21.8 Å². The summed E-state index contributed by atoms with van der Waals surface area (Å²) in [4.78, 5) is 28.7. The maximum Gasteiger partial charge on any atom is 0.228 e. The number of hydrogen-bond donors (Lipinski definition) is 0. The van der Waals surface area contributed by atoms with Gasteiger partial charge in [0.05, 0.1) is 18.2 Å². The molecule has 2 saturated heterocycles. The molecular weight excluding hydrogens is 354 g/mol. The molecule has 0 spiro atoms. The largest absolute Gasteiger partial charge is 0.340 e. The van der Waals surface area contributed by atoms with Crippen molar-refractivity contribution in [2.45, 2.75) is 19.4 Å². The minimum Gasteiger partial charge on any atom is -0.340 e. The SMILES string of the molecule is Cc1ccc([C@H]2[C@@H](C(=O)N3CCN(S(C)(=O)=O)CC3)CC(=O)N2C)cc1. The summed E-state index contributed by atoms with van der Waals surface area (Å²) in [6, 6.07) is 7.63. The van der Waals surface area contributed by atoms with Crippen LogP contribution in [0.2, 0.25) is 0 Å². The highest BCUT2D eigenvalue weighted by atomic mass is 32.2. The number of likely N-dealkylation sites (tertiary alicyclic amines) is 1. The normalized spacial score (nSPS) is 25.0. The Hall–Kier alpha value is -1.93. The first kappa shape index (κ1) is 18.8.